The third-order valence-corrected chi connectivity index (χ3v) is 6.31. The fourth-order valence-electron chi connectivity index (χ4n) is 5.08. The standard InChI is InChI=1S/C28H17N/c1-5-11-22-18(7-1)13-15-23-27-21-10-4-2-8-19(21)14-16-25(27)29-24-12-6-3-9-20(24)17-26(29)28(22)23/h1-17H. The monoisotopic (exact) mass is 367 g/mol. The van der Waals surface area contributed by atoms with Gasteiger partial charge in [-0.3, -0.25) is 0 Å². The van der Waals surface area contributed by atoms with Crippen molar-refractivity contribution in [2.75, 3.05) is 0 Å². The SMILES string of the molecule is c1ccc2c(c1)ccc1c2c2ccc3ccccc3c2c2cc3ccccc3n12. The van der Waals surface area contributed by atoms with Crippen molar-refractivity contribution in [1.82, 2.24) is 4.40 Å². The smallest absolute Gasteiger partial charge is 0.0553 e. The topological polar surface area (TPSA) is 4.41 Å². The predicted molar refractivity (Wildman–Crippen MR) is 125 cm³/mol. The molecule has 2 aromatic heterocycles. The van der Waals surface area contributed by atoms with Crippen LogP contribution in [0.15, 0.2) is 103 Å². The number of rotatable bonds is 0. The summed E-state index contributed by atoms with van der Waals surface area (Å²) in [6, 6.07) is 37.6. The molecule has 0 spiro atoms. The third-order valence-electron chi connectivity index (χ3n) is 6.31. The van der Waals surface area contributed by atoms with Gasteiger partial charge in [0.05, 0.1) is 16.6 Å². The van der Waals surface area contributed by atoms with Crippen molar-refractivity contribution in [1.29, 1.82) is 0 Å². The minimum Gasteiger partial charge on any atom is -0.309 e. The number of pyridine rings is 1. The van der Waals surface area contributed by atoms with Gasteiger partial charge in [0.2, 0.25) is 0 Å². The van der Waals surface area contributed by atoms with Crippen LogP contribution < -0.4 is 0 Å². The van der Waals surface area contributed by atoms with E-state index in [1.54, 1.807) is 0 Å². The Morgan fingerprint density at radius 1 is 0.379 bits per heavy atom. The average molecular weight is 367 g/mol. The van der Waals surface area contributed by atoms with Gasteiger partial charge in [-0.15, -0.1) is 0 Å². The van der Waals surface area contributed by atoms with Crippen molar-refractivity contribution in [2.24, 2.45) is 0 Å². The summed E-state index contributed by atoms with van der Waals surface area (Å²) in [6.07, 6.45) is 0. The van der Waals surface area contributed by atoms with E-state index in [2.05, 4.69) is 108 Å². The first-order valence-corrected chi connectivity index (χ1v) is 10.1. The summed E-state index contributed by atoms with van der Waals surface area (Å²) in [5.41, 5.74) is 3.81. The maximum atomic E-state index is 2.45. The van der Waals surface area contributed by atoms with Gasteiger partial charge in [-0.25, -0.2) is 0 Å². The summed E-state index contributed by atoms with van der Waals surface area (Å²) >= 11 is 0. The van der Waals surface area contributed by atoms with Crippen LogP contribution in [-0.2, 0) is 0 Å². The summed E-state index contributed by atoms with van der Waals surface area (Å²) in [4.78, 5) is 0. The normalized spacial score (nSPS) is 12.1. The van der Waals surface area contributed by atoms with E-state index in [1.807, 2.05) is 0 Å². The summed E-state index contributed by atoms with van der Waals surface area (Å²) in [6.45, 7) is 0. The van der Waals surface area contributed by atoms with Crippen molar-refractivity contribution in [3.63, 3.8) is 0 Å². The van der Waals surface area contributed by atoms with Crippen molar-refractivity contribution in [3.8, 4) is 0 Å². The maximum Gasteiger partial charge on any atom is 0.0553 e. The molecule has 1 heteroatoms. The van der Waals surface area contributed by atoms with E-state index < -0.39 is 0 Å². The van der Waals surface area contributed by atoms with Crippen LogP contribution in [0.3, 0.4) is 0 Å². The molecule has 0 unspecified atom stereocenters. The first-order valence-electron chi connectivity index (χ1n) is 10.1. The van der Waals surface area contributed by atoms with Crippen LogP contribution in [0.4, 0.5) is 0 Å². The van der Waals surface area contributed by atoms with Crippen LogP contribution in [0, 0.1) is 0 Å². The number of hydrogen-bond acceptors (Lipinski definition) is 0. The van der Waals surface area contributed by atoms with Gasteiger partial charge in [0, 0.05) is 16.2 Å². The molecule has 0 saturated heterocycles. The number of hydrogen-bond donors (Lipinski definition) is 0. The van der Waals surface area contributed by atoms with E-state index in [1.165, 1.54) is 59.6 Å². The number of benzene rings is 5. The van der Waals surface area contributed by atoms with Gasteiger partial charge >= 0.3 is 0 Å². The molecule has 134 valence electrons. The highest BCUT2D eigenvalue weighted by molar-refractivity contribution is 6.29. The highest BCUT2D eigenvalue weighted by atomic mass is 14.9. The first-order chi connectivity index (χ1) is 14.4. The Hall–Kier alpha value is -3.84. The summed E-state index contributed by atoms with van der Waals surface area (Å²) in [5.74, 6) is 0. The molecule has 7 aromatic rings. The molecule has 0 radical (unpaired) electrons. The molecule has 0 aliphatic carbocycles. The van der Waals surface area contributed by atoms with Gasteiger partial charge in [0.1, 0.15) is 0 Å². The molecular weight excluding hydrogens is 350 g/mol. The second-order valence-corrected chi connectivity index (χ2v) is 7.81. The second kappa shape index (κ2) is 5.36. The molecule has 0 bridgehead atoms. The Morgan fingerprint density at radius 2 is 0.966 bits per heavy atom. The fraction of sp³-hybridized carbons (Fsp3) is 0. The minimum atomic E-state index is 1.26. The van der Waals surface area contributed by atoms with Crippen LogP contribution >= 0.6 is 0 Å². The average Bonchev–Trinajstić information content (AvgIpc) is 3.18. The molecule has 29 heavy (non-hydrogen) atoms. The molecule has 7 rings (SSSR count). The summed E-state index contributed by atoms with van der Waals surface area (Å²) < 4.78 is 2.45. The molecule has 1 nitrogen and oxygen atoms in total. The molecule has 0 aliphatic heterocycles. The molecule has 0 atom stereocenters. The van der Waals surface area contributed by atoms with Gasteiger partial charge in [0.15, 0.2) is 0 Å². The Labute approximate surface area is 167 Å². The zero-order chi connectivity index (χ0) is 18.9. The highest BCUT2D eigenvalue weighted by Crippen LogP contribution is 2.40. The lowest BCUT2D eigenvalue weighted by molar-refractivity contribution is 1.35. The largest absolute Gasteiger partial charge is 0.309 e. The molecule has 0 saturated carbocycles. The van der Waals surface area contributed by atoms with Gasteiger partial charge in [-0.05, 0) is 45.1 Å². The van der Waals surface area contributed by atoms with E-state index in [-0.39, 0.29) is 0 Å². The van der Waals surface area contributed by atoms with E-state index in [4.69, 9.17) is 0 Å². The lowest BCUT2D eigenvalue weighted by Crippen LogP contribution is -1.92. The van der Waals surface area contributed by atoms with Crippen molar-refractivity contribution in [3.05, 3.63) is 103 Å². The second-order valence-electron chi connectivity index (χ2n) is 7.81. The zero-order valence-electron chi connectivity index (χ0n) is 15.8. The van der Waals surface area contributed by atoms with Gasteiger partial charge in [-0.1, -0.05) is 84.9 Å². The van der Waals surface area contributed by atoms with E-state index >= 15 is 0 Å². The predicted octanol–water partition coefficient (Wildman–Crippen LogP) is 7.71. The fourth-order valence-corrected chi connectivity index (χ4v) is 5.08. The van der Waals surface area contributed by atoms with Crippen LogP contribution in [-0.4, -0.2) is 4.40 Å². The summed E-state index contributed by atoms with van der Waals surface area (Å²) in [5, 5.41) is 10.5. The molecular formula is C28H17N. The molecule has 2 heterocycles. The number of fused-ring (bicyclic) bond motifs is 12. The van der Waals surface area contributed by atoms with E-state index in [9.17, 15) is 0 Å². The lowest BCUT2D eigenvalue weighted by atomic mass is 9.95. The maximum absolute atomic E-state index is 2.45. The van der Waals surface area contributed by atoms with Crippen molar-refractivity contribution < 1.29 is 0 Å². The summed E-state index contributed by atoms with van der Waals surface area (Å²) in [7, 11) is 0. The van der Waals surface area contributed by atoms with E-state index in [0.29, 0.717) is 0 Å². The Kier molecular flexibility index (Phi) is 2.80. The Balaban J connectivity index is 1.94. The number of nitrogens with zero attached hydrogens (tertiary/aromatic N) is 1. The van der Waals surface area contributed by atoms with Crippen LogP contribution in [0.2, 0.25) is 0 Å². The zero-order valence-corrected chi connectivity index (χ0v) is 15.8. The van der Waals surface area contributed by atoms with E-state index in [0.717, 1.165) is 0 Å². The first kappa shape index (κ1) is 15.1. The van der Waals surface area contributed by atoms with Crippen molar-refractivity contribution in [2.45, 2.75) is 0 Å². The molecule has 5 aromatic carbocycles. The lowest BCUT2D eigenvalue weighted by Gasteiger charge is -2.14. The highest BCUT2D eigenvalue weighted by Gasteiger charge is 2.15. The number of para-hydroxylation sites is 1. The van der Waals surface area contributed by atoms with Gasteiger partial charge in [-0.2, -0.15) is 0 Å². The Morgan fingerprint density at radius 3 is 1.72 bits per heavy atom. The molecule has 0 fully saturated rings. The van der Waals surface area contributed by atoms with Crippen LogP contribution in [0.5, 0.6) is 0 Å². The Bertz CT molecular complexity index is 1750. The third kappa shape index (κ3) is 1.89. The molecule has 0 aliphatic rings. The quantitative estimate of drug-likeness (QED) is 0.242. The van der Waals surface area contributed by atoms with Crippen LogP contribution in [0.1, 0.15) is 0 Å². The molecule has 0 amide bonds. The molecule has 0 N–H and O–H groups in total. The van der Waals surface area contributed by atoms with Crippen LogP contribution in [0.25, 0.3) is 59.6 Å². The van der Waals surface area contributed by atoms with Gasteiger partial charge < -0.3 is 4.40 Å². The van der Waals surface area contributed by atoms with Gasteiger partial charge in [0.25, 0.3) is 0 Å². The minimum absolute atomic E-state index is 1.26. The number of aromatic nitrogens is 1. The van der Waals surface area contributed by atoms with Crippen molar-refractivity contribution >= 4 is 59.6 Å².